The van der Waals surface area contributed by atoms with Crippen molar-refractivity contribution in [2.45, 2.75) is 11.8 Å². The van der Waals surface area contributed by atoms with Crippen LogP contribution in [0.4, 0.5) is 23.0 Å². The quantitative estimate of drug-likeness (QED) is 0.485. The number of hydrogen-bond donors (Lipinski definition) is 3. The number of thiocarbonyl (C=S) groups is 1. The van der Waals surface area contributed by atoms with Crippen LogP contribution in [0.15, 0.2) is 71.9 Å². The molecule has 1 aromatic heterocycles. The van der Waals surface area contributed by atoms with Crippen LogP contribution in [0.3, 0.4) is 0 Å². The van der Waals surface area contributed by atoms with Gasteiger partial charge in [-0.3, -0.25) is 4.79 Å². The van der Waals surface area contributed by atoms with Gasteiger partial charge in [0.1, 0.15) is 0 Å². The lowest BCUT2D eigenvalue weighted by molar-refractivity contribution is -0.116. The van der Waals surface area contributed by atoms with Gasteiger partial charge in [0.15, 0.2) is 5.11 Å². The lowest BCUT2D eigenvalue weighted by Crippen LogP contribution is -2.23. The van der Waals surface area contributed by atoms with Gasteiger partial charge in [-0.05, 0) is 66.8 Å². The maximum atomic E-state index is 12.4. The van der Waals surface area contributed by atoms with E-state index in [2.05, 4.69) is 25.3 Å². The zero-order chi connectivity index (χ0) is 22.4. The molecule has 0 saturated heterocycles. The number of nitrogens with one attached hydrogen (secondary N) is 3. The van der Waals surface area contributed by atoms with Crippen molar-refractivity contribution in [3.05, 3.63) is 67.0 Å². The van der Waals surface area contributed by atoms with E-state index in [1.807, 2.05) is 0 Å². The van der Waals surface area contributed by atoms with E-state index in [0.717, 1.165) is 11.4 Å². The second kappa shape index (κ2) is 9.49. The van der Waals surface area contributed by atoms with Crippen molar-refractivity contribution in [1.82, 2.24) is 9.97 Å². The molecule has 31 heavy (non-hydrogen) atoms. The van der Waals surface area contributed by atoms with Crippen LogP contribution in [0.1, 0.15) is 6.92 Å². The number of nitrogens with zero attached hydrogens (tertiary/aromatic N) is 3. The molecule has 0 fully saturated rings. The molecule has 1 amide bonds. The second-order valence-electron chi connectivity index (χ2n) is 6.41. The minimum Gasteiger partial charge on any atom is -0.332 e. The summed E-state index contributed by atoms with van der Waals surface area (Å²) in [5.74, 6) is -0.0644. The van der Waals surface area contributed by atoms with Gasteiger partial charge in [0.05, 0.1) is 4.90 Å². The van der Waals surface area contributed by atoms with Crippen molar-refractivity contribution in [2.75, 3.05) is 27.3 Å². The summed E-state index contributed by atoms with van der Waals surface area (Å²) in [4.78, 5) is 20.7. The summed E-state index contributed by atoms with van der Waals surface area (Å²) in [7, 11) is -2.11. The van der Waals surface area contributed by atoms with Crippen molar-refractivity contribution in [2.24, 2.45) is 0 Å². The number of hydrogen-bond acceptors (Lipinski definition) is 6. The fourth-order valence-corrected chi connectivity index (χ4v) is 3.69. The SMILES string of the molecule is CC(=O)N(C)c1ccc(NC(=S)Nc2ccc(S(=O)(=O)Nc3ncccn3)cc2)cc1. The standard InChI is InChI=1S/C20H20N6O3S2/c1-14(27)26(2)17-8-4-15(5-9-17)23-20(30)24-16-6-10-18(11-7-16)31(28,29)25-19-21-12-3-13-22-19/h3-13H,1-2H3,(H,21,22,25)(H2,23,24,30). The highest BCUT2D eigenvalue weighted by atomic mass is 32.2. The van der Waals surface area contributed by atoms with Gasteiger partial charge in [0, 0.05) is 43.4 Å². The summed E-state index contributed by atoms with van der Waals surface area (Å²) < 4.78 is 27.2. The molecule has 0 atom stereocenters. The average molecular weight is 457 g/mol. The Kier molecular flexibility index (Phi) is 6.78. The minimum atomic E-state index is -3.80. The molecular formula is C20H20N6O3S2. The first-order valence-corrected chi connectivity index (χ1v) is 11.0. The zero-order valence-corrected chi connectivity index (χ0v) is 18.4. The van der Waals surface area contributed by atoms with Crippen LogP contribution < -0.4 is 20.3 Å². The van der Waals surface area contributed by atoms with Crippen LogP contribution in [0.2, 0.25) is 0 Å². The minimum absolute atomic E-state index is 0.00408. The number of anilines is 4. The topological polar surface area (TPSA) is 116 Å². The Morgan fingerprint density at radius 1 is 0.935 bits per heavy atom. The van der Waals surface area contributed by atoms with Crippen molar-refractivity contribution in [3.8, 4) is 0 Å². The van der Waals surface area contributed by atoms with Gasteiger partial charge in [-0.1, -0.05) is 0 Å². The first kappa shape index (κ1) is 22.1. The van der Waals surface area contributed by atoms with E-state index in [1.165, 1.54) is 36.4 Å². The molecule has 0 spiro atoms. The van der Waals surface area contributed by atoms with Gasteiger partial charge in [0.2, 0.25) is 11.9 Å². The molecule has 3 rings (SSSR count). The molecule has 2 aromatic carbocycles. The number of carbonyl (C=O) groups excluding carboxylic acids is 1. The van der Waals surface area contributed by atoms with Crippen molar-refractivity contribution < 1.29 is 13.2 Å². The smallest absolute Gasteiger partial charge is 0.264 e. The number of amides is 1. The molecule has 0 unspecified atom stereocenters. The van der Waals surface area contributed by atoms with E-state index < -0.39 is 10.0 Å². The molecule has 11 heteroatoms. The van der Waals surface area contributed by atoms with Crippen LogP contribution in [0.5, 0.6) is 0 Å². The van der Waals surface area contributed by atoms with E-state index >= 15 is 0 Å². The number of aromatic nitrogens is 2. The predicted octanol–water partition coefficient (Wildman–Crippen LogP) is 3.07. The van der Waals surface area contributed by atoms with Crippen LogP contribution in [-0.2, 0) is 14.8 Å². The molecule has 3 N–H and O–H groups in total. The van der Waals surface area contributed by atoms with Crippen LogP contribution in [0.25, 0.3) is 0 Å². The molecule has 9 nitrogen and oxygen atoms in total. The van der Waals surface area contributed by atoms with Gasteiger partial charge < -0.3 is 15.5 Å². The van der Waals surface area contributed by atoms with E-state index in [9.17, 15) is 13.2 Å². The Labute approximate surface area is 185 Å². The predicted molar refractivity (Wildman–Crippen MR) is 125 cm³/mol. The van der Waals surface area contributed by atoms with Crippen molar-refractivity contribution in [1.29, 1.82) is 0 Å². The molecule has 160 valence electrons. The van der Waals surface area contributed by atoms with Crippen LogP contribution in [-0.4, -0.2) is 36.5 Å². The number of sulfonamides is 1. The summed E-state index contributed by atoms with van der Waals surface area (Å²) in [5, 5.41) is 6.36. The van der Waals surface area contributed by atoms with Crippen LogP contribution >= 0.6 is 12.2 Å². The van der Waals surface area contributed by atoms with E-state index in [0.29, 0.717) is 10.8 Å². The lowest BCUT2D eigenvalue weighted by atomic mass is 10.2. The second-order valence-corrected chi connectivity index (χ2v) is 8.50. The zero-order valence-electron chi connectivity index (χ0n) is 16.7. The fourth-order valence-electron chi connectivity index (χ4n) is 2.49. The highest BCUT2D eigenvalue weighted by Crippen LogP contribution is 2.19. The maximum Gasteiger partial charge on any atom is 0.264 e. The Morgan fingerprint density at radius 2 is 1.45 bits per heavy atom. The molecule has 0 radical (unpaired) electrons. The average Bonchev–Trinajstić information content (AvgIpc) is 2.74. The first-order valence-electron chi connectivity index (χ1n) is 9.07. The summed E-state index contributed by atoms with van der Waals surface area (Å²) >= 11 is 5.30. The van der Waals surface area contributed by atoms with E-state index in [1.54, 1.807) is 49.5 Å². The number of benzene rings is 2. The molecule has 0 aliphatic heterocycles. The lowest BCUT2D eigenvalue weighted by Gasteiger charge is -2.16. The highest BCUT2D eigenvalue weighted by Gasteiger charge is 2.15. The number of carbonyl (C=O) groups is 1. The van der Waals surface area contributed by atoms with Gasteiger partial charge in [-0.2, -0.15) is 0 Å². The first-order chi connectivity index (χ1) is 14.7. The van der Waals surface area contributed by atoms with E-state index in [-0.39, 0.29) is 16.8 Å². The summed E-state index contributed by atoms with van der Waals surface area (Å²) in [6, 6.07) is 14.9. The van der Waals surface area contributed by atoms with Gasteiger partial charge in [-0.15, -0.1) is 0 Å². The number of rotatable bonds is 6. The van der Waals surface area contributed by atoms with Crippen molar-refractivity contribution in [3.63, 3.8) is 0 Å². The Bertz CT molecular complexity index is 1170. The van der Waals surface area contributed by atoms with Gasteiger partial charge in [-0.25, -0.2) is 23.1 Å². The largest absolute Gasteiger partial charge is 0.332 e. The third kappa shape index (κ3) is 5.96. The third-order valence-corrected chi connectivity index (χ3v) is 5.75. The molecule has 1 heterocycles. The van der Waals surface area contributed by atoms with E-state index in [4.69, 9.17) is 12.2 Å². The summed E-state index contributed by atoms with van der Waals surface area (Å²) in [6.07, 6.45) is 2.89. The monoisotopic (exact) mass is 456 g/mol. The highest BCUT2D eigenvalue weighted by molar-refractivity contribution is 7.92. The molecule has 0 bridgehead atoms. The summed E-state index contributed by atoms with van der Waals surface area (Å²) in [5.41, 5.74) is 2.12. The molecule has 0 saturated carbocycles. The summed E-state index contributed by atoms with van der Waals surface area (Å²) in [6.45, 7) is 1.49. The fraction of sp³-hybridized carbons (Fsp3) is 0.100. The Hall–Kier alpha value is -3.57. The van der Waals surface area contributed by atoms with Crippen molar-refractivity contribution >= 4 is 56.3 Å². The molecule has 0 aliphatic rings. The third-order valence-electron chi connectivity index (χ3n) is 4.20. The Balaban J connectivity index is 1.60. The molecular weight excluding hydrogens is 436 g/mol. The maximum absolute atomic E-state index is 12.4. The molecule has 0 aliphatic carbocycles. The Morgan fingerprint density at radius 3 is 1.97 bits per heavy atom. The van der Waals surface area contributed by atoms with Gasteiger partial charge in [0.25, 0.3) is 10.0 Å². The normalized spacial score (nSPS) is 10.8. The van der Waals surface area contributed by atoms with Gasteiger partial charge >= 0.3 is 0 Å². The molecule has 3 aromatic rings. The van der Waals surface area contributed by atoms with Crippen LogP contribution in [0, 0.1) is 0 Å².